The number of rotatable bonds is 7. The first-order chi connectivity index (χ1) is 12.6. The average Bonchev–Trinajstić information content (AvgIpc) is 2.65. The Morgan fingerprint density at radius 3 is 2.69 bits per heavy atom. The van der Waals surface area contributed by atoms with Crippen LogP contribution in [0.1, 0.15) is 21.5 Å². The van der Waals surface area contributed by atoms with Gasteiger partial charge in [-0.1, -0.05) is 36.3 Å². The first-order valence-corrected chi connectivity index (χ1v) is 7.93. The molecule has 0 aromatic heterocycles. The van der Waals surface area contributed by atoms with Gasteiger partial charge in [-0.3, -0.25) is 9.59 Å². The zero-order valence-electron chi connectivity index (χ0n) is 14.4. The van der Waals surface area contributed by atoms with Crippen molar-refractivity contribution in [3.63, 3.8) is 0 Å². The molecule has 0 radical (unpaired) electrons. The van der Waals surface area contributed by atoms with Crippen LogP contribution < -0.4 is 15.5 Å². The van der Waals surface area contributed by atoms with E-state index >= 15 is 0 Å². The van der Waals surface area contributed by atoms with Crippen LogP contribution in [0.2, 0.25) is 0 Å². The molecule has 0 saturated heterocycles. The van der Waals surface area contributed by atoms with Gasteiger partial charge in [0.1, 0.15) is 12.4 Å². The van der Waals surface area contributed by atoms with Crippen LogP contribution in [-0.2, 0) is 4.79 Å². The summed E-state index contributed by atoms with van der Waals surface area (Å²) in [6, 6.07) is 14.3. The number of nitrogens with zero attached hydrogens (tertiary/aromatic N) is 1. The molecule has 2 N–H and O–H groups in total. The molecule has 0 aliphatic carbocycles. The van der Waals surface area contributed by atoms with Crippen LogP contribution in [0.15, 0.2) is 53.6 Å². The molecule has 0 aliphatic heterocycles. The number of carbonyl (C=O) groups excluding carboxylic acids is 2. The van der Waals surface area contributed by atoms with Crippen molar-refractivity contribution >= 4 is 18.0 Å². The Kier molecular flexibility index (Phi) is 6.95. The number of amides is 2. The van der Waals surface area contributed by atoms with Crippen molar-refractivity contribution in [2.24, 2.45) is 5.10 Å². The van der Waals surface area contributed by atoms with E-state index in [0.29, 0.717) is 16.9 Å². The fourth-order valence-electron chi connectivity index (χ4n) is 2.13. The Morgan fingerprint density at radius 1 is 1.19 bits per heavy atom. The molecule has 132 valence electrons. The maximum atomic E-state index is 12.0. The highest BCUT2D eigenvalue weighted by Gasteiger charge is 2.09. The lowest BCUT2D eigenvalue weighted by molar-refractivity contribution is -0.120. The molecule has 0 saturated carbocycles. The van der Waals surface area contributed by atoms with Crippen LogP contribution in [0.3, 0.4) is 0 Å². The Hall–Kier alpha value is -3.59. The fourth-order valence-corrected chi connectivity index (χ4v) is 2.13. The van der Waals surface area contributed by atoms with Crippen LogP contribution in [-0.4, -0.2) is 31.2 Å². The van der Waals surface area contributed by atoms with Crippen molar-refractivity contribution in [1.29, 1.82) is 0 Å². The van der Waals surface area contributed by atoms with Crippen LogP contribution in [0, 0.1) is 19.3 Å². The van der Waals surface area contributed by atoms with Crippen molar-refractivity contribution in [2.75, 3.05) is 13.2 Å². The van der Waals surface area contributed by atoms with E-state index in [4.69, 9.17) is 11.2 Å². The molecule has 6 nitrogen and oxygen atoms in total. The maximum Gasteiger partial charge on any atom is 0.259 e. The molecule has 0 heterocycles. The van der Waals surface area contributed by atoms with E-state index in [2.05, 4.69) is 21.8 Å². The molecular formula is C20H19N3O3. The summed E-state index contributed by atoms with van der Waals surface area (Å²) in [4.78, 5) is 23.9. The first kappa shape index (κ1) is 18.7. The summed E-state index contributed by atoms with van der Waals surface area (Å²) in [5.41, 5.74) is 4.40. The van der Waals surface area contributed by atoms with Gasteiger partial charge < -0.3 is 10.1 Å². The molecule has 6 heteroatoms. The normalized spacial score (nSPS) is 10.2. The van der Waals surface area contributed by atoms with E-state index in [1.807, 2.05) is 31.2 Å². The number of benzene rings is 2. The van der Waals surface area contributed by atoms with E-state index in [1.54, 1.807) is 24.3 Å². The van der Waals surface area contributed by atoms with Gasteiger partial charge in [-0.2, -0.15) is 5.10 Å². The van der Waals surface area contributed by atoms with Crippen molar-refractivity contribution in [2.45, 2.75) is 6.92 Å². The lowest BCUT2D eigenvalue weighted by Crippen LogP contribution is -2.35. The third kappa shape index (κ3) is 5.49. The molecule has 0 fully saturated rings. The minimum atomic E-state index is -0.440. The molecular weight excluding hydrogens is 330 g/mol. The molecule has 0 unspecified atom stereocenters. The number of terminal acetylenes is 1. The van der Waals surface area contributed by atoms with E-state index in [9.17, 15) is 9.59 Å². The second-order valence-corrected chi connectivity index (χ2v) is 5.32. The van der Waals surface area contributed by atoms with Gasteiger partial charge in [0.25, 0.3) is 11.8 Å². The minimum absolute atomic E-state index is 0.141. The number of nitrogens with one attached hydrogen (secondary N) is 2. The zero-order chi connectivity index (χ0) is 18.8. The summed E-state index contributed by atoms with van der Waals surface area (Å²) in [6.07, 6.45) is 6.63. The van der Waals surface area contributed by atoms with Gasteiger partial charge >= 0.3 is 0 Å². The van der Waals surface area contributed by atoms with Gasteiger partial charge in [-0.05, 0) is 30.7 Å². The lowest BCUT2D eigenvalue weighted by atomic mass is 10.1. The van der Waals surface area contributed by atoms with E-state index in [1.165, 1.54) is 6.21 Å². The number of hydrogen-bond acceptors (Lipinski definition) is 4. The van der Waals surface area contributed by atoms with E-state index in [0.717, 1.165) is 5.56 Å². The molecule has 2 amide bonds. The monoisotopic (exact) mass is 349 g/mol. The third-order valence-electron chi connectivity index (χ3n) is 3.42. The number of hydrogen-bond donors (Lipinski definition) is 2. The van der Waals surface area contributed by atoms with Gasteiger partial charge in [0.2, 0.25) is 0 Å². The number of hydrazone groups is 1. The Bertz CT molecular complexity index is 853. The van der Waals surface area contributed by atoms with Crippen molar-refractivity contribution in [3.05, 3.63) is 65.2 Å². The third-order valence-corrected chi connectivity index (χ3v) is 3.42. The quantitative estimate of drug-likeness (QED) is 0.455. The van der Waals surface area contributed by atoms with Gasteiger partial charge in [-0.15, -0.1) is 6.42 Å². The summed E-state index contributed by atoms with van der Waals surface area (Å²) >= 11 is 0. The number of carbonyl (C=O) groups is 2. The fraction of sp³-hybridized carbons (Fsp3) is 0.150. The predicted molar refractivity (Wildman–Crippen MR) is 100 cm³/mol. The van der Waals surface area contributed by atoms with Crippen LogP contribution in [0.25, 0.3) is 0 Å². The van der Waals surface area contributed by atoms with Gasteiger partial charge in [0.15, 0.2) is 0 Å². The van der Waals surface area contributed by atoms with Crippen molar-refractivity contribution < 1.29 is 14.3 Å². The number of aryl methyl sites for hydroxylation is 1. The van der Waals surface area contributed by atoms with Crippen LogP contribution in [0.5, 0.6) is 5.75 Å². The second-order valence-electron chi connectivity index (χ2n) is 5.32. The first-order valence-electron chi connectivity index (χ1n) is 7.93. The molecule has 0 atom stereocenters. The smallest absolute Gasteiger partial charge is 0.259 e. The summed E-state index contributed by atoms with van der Waals surface area (Å²) in [6.45, 7) is 1.79. The second kappa shape index (κ2) is 9.64. The zero-order valence-corrected chi connectivity index (χ0v) is 14.4. The van der Waals surface area contributed by atoms with Gasteiger partial charge in [0.05, 0.1) is 12.8 Å². The molecule has 2 rings (SSSR count). The Balaban J connectivity index is 1.86. The summed E-state index contributed by atoms with van der Waals surface area (Å²) < 4.78 is 5.39. The van der Waals surface area contributed by atoms with E-state index in [-0.39, 0.29) is 19.1 Å². The topological polar surface area (TPSA) is 79.8 Å². The maximum absolute atomic E-state index is 12.0. The summed E-state index contributed by atoms with van der Waals surface area (Å²) in [7, 11) is 0. The number of ether oxygens (including phenoxy) is 1. The minimum Gasteiger partial charge on any atom is -0.480 e. The lowest BCUT2D eigenvalue weighted by Gasteiger charge is -2.07. The highest BCUT2D eigenvalue weighted by Crippen LogP contribution is 2.15. The van der Waals surface area contributed by atoms with Gasteiger partial charge in [0, 0.05) is 11.1 Å². The summed E-state index contributed by atoms with van der Waals surface area (Å²) in [5, 5.41) is 6.43. The highest BCUT2D eigenvalue weighted by atomic mass is 16.5. The molecule has 2 aromatic rings. The molecule has 2 aromatic carbocycles. The molecule has 0 aliphatic rings. The average molecular weight is 349 g/mol. The largest absolute Gasteiger partial charge is 0.480 e. The van der Waals surface area contributed by atoms with Crippen molar-refractivity contribution in [1.82, 2.24) is 10.7 Å². The predicted octanol–water partition coefficient (Wildman–Crippen LogP) is 1.89. The Morgan fingerprint density at radius 2 is 1.92 bits per heavy atom. The Labute approximate surface area is 152 Å². The van der Waals surface area contributed by atoms with Crippen LogP contribution in [0.4, 0.5) is 0 Å². The van der Waals surface area contributed by atoms with Crippen LogP contribution >= 0.6 is 0 Å². The summed E-state index contributed by atoms with van der Waals surface area (Å²) in [5.74, 6) is 2.20. The van der Waals surface area contributed by atoms with Gasteiger partial charge in [-0.25, -0.2) is 5.43 Å². The highest BCUT2D eigenvalue weighted by molar-refractivity contribution is 5.97. The number of para-hydroxylation sites is 1. The molecule has 0 spiro atoms. The molecule has 26 heavy (non-hydrogen) atoms. The van der Waals surface area contributed by atoms with Crippen molar-refractivity contribution in [3.8, 4) is 18.1 Å². The molecule has 0 bridgehead atoms. The standard InChI is InChI=1S/C20H19N3O3/c1-3-12-26-18-11-7-5-9-16(18)13-22-23-19(24)14-21-20(25)17-10-6-4-8-15(17)2/h1,4-11,13H,12,14H2,2H3,(H,21,25)(H,23,24)/b22-13-. The van der Waals surface area contributed by atoms with E-state index < -0.39 is 5.91 Å². The SMILES string of the molecule is C#CCOc1ccccc1/C=N\NC(=O)CNC(=O)c1ccccc1C.